The Hall–Kier alpha value is -1.49. The Balaban J connectivity index is 2.08. The maximum absolute atomic E-state index is 13.0. The van der Waals surface area contributed by atoms with Gasteiger partial charge in [0.1, 0.15) is 0 Å². The summed E-state index contributed by atoms with van der Waals surface area (Å²) in [6.45, 7) is 1.13. The second-order valence-corrected chi connectivity index (χ2v) is 7.32. The van der Waals surface area contributed by atoms with Crippen LogP contribution in [0.3, 0.4) is 0 Å². The van der Waals surface area contributed by atoms with Gasteiger partial charge in [0.05, 0.1) is 0 Å². The standard InChI is InChI=1S/C16H15F3N2Se/c17-16(18,19)11-6-7-15-13(10-11)21(9-3-8-20)12-4-1-2-5-14(12)22-15/h1-2,4-7,10H,3,8-9,20H2. The van der Waals surface area contributed by atoms with Crippen molar-refractivity contribution in [2.75, 3.05) is 18.0 Å². The number of benzene rings is 2. The van der Waals surface area contributed by atoms with E-state index in [1.54, 1.807) is 6.07 Å². The molecule has 0 amide bonds. The van der Waals surface area contributed by atoms with E-state index < -0.39 is 11.7 Å². The Kier molecular flexibility index (Phi) is 4.17. The zero-order chi connectivity index (χ0) is 15.7. The predicted molar refractivity (Wildman–Crippen MR) is 83.6 cm³/mol. The first-order chi connectivity index (χ1) is 10.5. The van der Waals surface area contributed by atoms with E-state index in [1.165, 1.54) is 16.6 Å². The van der Waals surface area contributed by atoms with Crippen molar-refractivity contribution >= 4 is 35.3 Å². The number of alkyl halides is 3. The van der Waals surface area contributed by atoms with Crippen LogP contribution < -0.4 is 19.6 Å². The van der Waals surface area contributed by atoms with Gasteiger partial charge >= 0.3 is 133 Å². The van der Waals surface area contributed by atoms with Crippen LogP contribution in [0.1, 0.15) is 12.0 Å². The molecule has 0 saturated carbocycles. The number of anilines is 2. The van der Waals surface area contributed by atoms with Crippen LogP contribution >= 0.6 is 0 Å². The average Bonchev–Trinajstić information content (AvgIpc) is 2.50. The summed E-state index contributed by atoms with van der Waals surface area (Å²) in [6, 6.07) is 12.0. The van der Waals surface area contributed by atoms with Gasteiger partial charge < -0.3 is 0 Å². The molecule has 3 rings (SSSR count). The maximum atomic E-state index is 13.0. The van der Waals surface area contributed by atoms with Crippen LogP contribution in [0.2, 0.25) is 0 Å². The third-order valence-corrected chi connectivity index (χ3v) is 5.91. The van der Waals surface area contributed by atoms with Crippen molar-refractivity contribution in [3.63, 3.8) is 0 Å². The Labute approximate surface area is 133 Å². The van der Waals surface area contributed by atoms with Crippen LogP contribution in [0.4, 0.5) is 24.5 Å². The molecule has 1 heterocycles. The third-order valence-electron chi connectivity index (χ3n) is 3.54. The Morgan fingerprint density at radius 1 is 1.00 bits per heavy atom. The predicted octanol–water partition coefficient (Wildman–Crippen LogP) is 2.16. The summed E-state index contributed by atoms with van der Waals surface area (Å²) in [5.41, 5.74) is 6.66. The minimum absolute atomic E-state index is 0.0231. The molecule has 2 aromatic rings. The van der Waals surface area contributed by atoms with E-state index in [0.717, 1.165) is 16.6 Å². The molecule has 0 saturated heterocycles. The summed E-state index contributed by atoms with van der Waals surface area (Å²) >= 11 is 0.0231. The van der Waals surface area contributed by atoms with E-state index in [4.69, 9.17) is 5.73 Å². The van der Waals surface area contributed by atoms with Gasteiger partial charge in [-0.05, 0) is 0 Å². The fourth-order valence-electron chi connectivity index (χ4n) is 2.50. The second-order valence-electron chi connectivity index (χ2n) is 5.04. The number of nitrogens with zero attached hydrogens (tertiary/aromatic N) is 1. The van der Waals surface area contributed by atoms with E-state index in [0.29, 0.717) is 18.8 Å². The summed E-state index contributed by atoms with van der Waals surface area (Å²) in [5, 5.41) is 0. The van der Waals surface area contributed by atoms with E-state index in [-0.39, 0.29) is 15.0 Å². The number of nitrogens with two attached hydrogens (primary N) is 1. The van der Waals surface area contributed by atoms with Crippen LogP contribution in [0, 0.1) is 0 Å². The Morgan fingerprint density at radius 3 is 2.45 bits per heavy atom. The van der Waals surface area contributed by atoms with E-state index in [2.05, 4.69) is 0 Å². The molecule has 1 aliphatic heterocycles. The van der Waals surface area contributed by atoms with Gasteiger partial charge in [-0.1, -0.05) is 0 Å². The molecule has 6 heteroatoms. The molecule has 0 unspecified atom stereocenters. The zero-order valence-electron chi connectivity index (χ0n) is 11.7. The van der Waals surface area contributed by atoms with Gasteiger partial charge in [0.15, 0.2) is 0 Å². The zero-order valence-corrected chi connectivity index (χ0v) is 13.4. The molecule has 0 aliphatic carbocycles. The van der Waals surface area contributed by atoms with Gasteiger partial charge in [-0.15, -0.1) is 0 Å². The molecule has 2 N–H and O–H groups in total. The molecular formula is C16H15F3N2Se. The summed E-state index contributed by atoms with van der Waals surface area (Å²) in [6.07, 6.45) is -3.59. The first-order valence-electron chi connectivity index (χ1n) is 6.96. The van der Waals surface area contributed by atoms with E-state index in [9.17, 15) is 13.2 Å². The van der Waals surface area contributed by atoms with Gasteiger partial charge in [-0.2, -0.15) is 0 Å². The molecule has 116 valence electrons. The van der Waals surface area contributed by atoms with Crippen molar-refractivity contribution in [1.29, 1.82) is 0 Å². The van der Waals surface area contributed by atoms with E-state index in [1.807, 2.05) is 29.2 Å². The van der Waals surface area contributed by atoms with Crippen molar-refractivity contribution in [3.8, 4) is 0 Å². The third kappa shape index (κ3) is 2.86. The number of para-hydroxylation sites is 1. The van der Waals surface area contributed by atoms with Crippen LogP contribution in [0.5, 0.6) is 0 Å². The number of halogens is 3. The van der Waals surface area contributed by atoms with Crippen molar-refractivity contribution in [3.05, 3.63) is 48.0 Å². The van der Waals surface area contributed by atoms with Crippen molar-refractivity contribution in [1.82, 2.24) is 0 Å². The van der Waals surface area contributed by atoms with Crippen molar-refractivity contribution in [2.24, 2.45) is 5.73 Å². The second kappa shape index (κ2) is 5.95. The molecule has 22 heavy (non-hydrogen) atoms. The SMILES string of the molecule is NCCCN1c2ccccc2[Se]c2ccc(C(F)(F)F)cc21. The fourth-order valence-corrected chi connectivity index (χ4v) is 4.75. The molecule has 0 spiro atoms. The van der Waals surface area contributed by atoms with Crippen molar-refractivity contribution < 1.29 is 13.2 Å². The Morgan fingerprint density at radius 2 is 1.73 bits per heavy atom. The quantitative estimate of drug-likeness (QED) is 0.838. The summed E-state index contributed by atoms with van der Waals surface area (Å²) in [4.78, 5) is 1.97. The molecule has 1 aliphatic rings. The molecule has 0 bridgehead atoms. The summed E-state index contributed by atoms with van der Waals surface area (Å²) in [5.74, 6) is 0. The van der Waals surface area contributed by atoms with Crippen molar-refractivity contribution in [2.45, 2.75) is 12.6 Å². The van der Waals surface area contributed by atoms with Crippen LogP contribution in [0.25, 0.3) is 0 Å². The molecular weight excluding hydrogens is 356 g/mol. The molecule has 0 aromatic heterocycles. The average molecular weight is 371 g/mol. The van der Waals surface area contributed by atoms with Crippen LogP contribution in [-0.4, -0.2) is 28.0 Å². The monoisotopic (exact) mass is 372 g/mol. The van der Waals surface area contributed by atoms with Crippen LogP contribution in [-0.2, 0) is 6.18 Å². The Bertz CT molecular complexity index is 685. The first kappa shape index (κ1) is 15.4. The van der Waals surface area contributed by atoms with Gasteiger partial charge in [-0.25, -0.2) is 0 Å². The molecule has 0 radical (unpaired) electrons. The first-order valence-corrected chi connectivity index (χ1v) is 8.68. The minimum atomic E-state index is -4.32. The normalized spacial score (nSPS) is 13.7. The molecule has 0 atom stereocenters. The number of hydrogen-bond acceptors (Lipinski definition) is 2. The number of hydrogen-bond donors (Lipinski definition) is 1. The number of rotatable bonds is 3. The van der Waals surface area contributed by atoms with Gasteiger partial charge in [0, 0.05) is 0 Å². The topological polar surface area (TPSA) is 29.3 Å². The summed E-state index contributed by atoms with van der Waals surface area (Å²) in [7, 11) is 0. The van der Waals surface area contributed by atoms with Gasteiger partial charge in [0.25, 0.3) is 0 Å². The van der Waals surface area contributed by atoms with Crippen LogP contribution in [0.15, 0.2) is 42.5 Å². The number of fused-ring (bicyclic) bond motifs is 2. The molecule has 2 aromatic carbocycles. The summed E-state index contributed by atoms with van der Waals surface area (Å²) < 4.78 is 41.2. The molecule has 2 nitrogen and oxygen atoms in total. The van der Waals surface area contributed by atoms with Gasteiger partial charge in [-0.3, -0.25) is 0 Å². The van der Waals surface area contributed by atoms with E-state index >= 15 is 0 Å². The molecule has 0 fully saturated rings. The fraction of sp³-hybridized carbons (Fsp3) is 0.250. The van der Waals surface area contributed by atoms with Gasteiger partial charge in [0.2, 0.25) is 0 Å².